The summed E-state index contributed by atoms with van der Waals surface area (Å²) in [6.07, 6.45) is 1.26. The van der Waals surface area contributed by atoms with Crippen molar-refractivity contribution in [3.8, 4) is 0 Å². The molecule has 13 heavy (non-hydrogen) atoms. The molecule has 4 N–H and O–H groups in total. The molecule has 2 rings (SSSR count). The summed E-state index contributed by atoms with van der Waals surface area (Å²) in [5.41, 5.74) is 10.2. The standard InChI is InChI=1S/C9H10F2N2/c10-6-3-5(12)4-7(11)8(6)9(13)1-2-9/h3-4H,1-2,12-13H2. The van der Waals surface area contributed by atoms with Gasteiger partial charge < -0.3 is 11.5 Å². The highest BCUT2D eigenvalue weighted by atomic mass is 19.1. The Labute approximate surface area is 74.5 Å². The summed E-state index contributed by atoms with van der Waals surface area (Å²) in [6, 6.07) is 2.21. The van der Waals surface area contributed by atoms with Gasteiger partial charge in [-0.3, -0.25) is 0 Å². The van der Waals surface area contributed by atoms with Crippen LogP contribution in [0, 0.1) is 11.6 Å². The topological polar surface area (TPSA) is 52.0 Å². The monoisotopic (exact) mass is 184 g/mol. The molecule has 1 aliphatic rings. The predicted octanol–water partition coefficient (Wildman–Crippen LogP) is 1.49. The molecule has 4 heteroatoms. The van der Waals surface area contributed by atoms with Gasteiger partial charge in [-0.1, -0.05) is 0 Å². The van der Waals surface area contributed by atoms with Crippen molar-refractivity contribution in [1.29, 1.82) is 0 Å². The number of hydrogen-bond acceptors (Lipinski definition) is 2. The normalized spacial score (nSPS) is 18.7. The van der Waals surface area contributed by atoms with E-state index >= 15 is 0 Å². The highest BCUT2D eigenvalue weighted by molar-refractivity contribution is 5.45. The van der Waals surface area contributed by atoms with Gasteiger partial charge in [0.2, 0.25) is 0 Å². The zero-order valence-electron chi connectivity index (χ0n) is 6.98. The van der Waals surface area contributed by atoms with E-state index in [2.05, 4.69) is 0 Å². The third kappa shape index (κ3) is 1.27. The van der Waals surface area contributed by atoms with Crippen LogP contribution >= 0.6 is 0 Å². The first-order valence-corrected chi connectivity index (χ1v) is 4.07. The first-order valence-electron chi connectivity index (χ1n) is 4.07. The van der Waals surface area contributed by atoms with Gasteiger partial charge in [0.25, 0.3) is 0 Å². The lowest BCUT2D eigenvalue weighted by molar-refractivity contribution is 0.521. The van der Waals surface area contributed by atoms with Crippen molar-refractivity contribution in [3.63, 3.8) is 0 Å². The smallest absolute Gasteiger partial charge is 0.133 e. The highest BCUT2D eigenvalue weighted by Gasteiger charge is 2.44. The van der Waals surface area contributed by atoms with Gasteiger partial charge >= 0.3 is 0 Å². The maximum absolute atomic E-state index is 13.2. The third-order valence-electron chi connectivity index (χ3n) is 2.35. The van der Waals surface area contributed by atoms with Crippen molar-refractivity contribution >= 4 is 5.69 Å². The Kier molecular flexibility index (Phi) is 1.57. The molecule has 0 saturated heterocycles. The lowest BCUT2D eigenvalue weighted by Crippen LogP contribution is -2.22. The molecule has 0 unspecified atom stereocenters. The average molecular weight is 184 g/mol. The second-order valence-corrected chi connectivity index (χ2v) is 3.52. The average Bonchev–Trinajstić information content (AvgIpc) is 2.65. The van der Waals surface area contributed by atoms with Crippen LogP contribution in [-0.4, -0.2) is 0 Å². The number of hydrogen-bond donors (Lipinski definition) is 2. The van der Waals surface area contributed by atoms with Gasteiger partial charge in [-0.15, -0.1) is 0 Å². The molecule has 1 aliphatic carbocycles. The molecule has 0 aromatic heterocycles. The Bertz CT molecular complexity index is 336. The number of rotatable bonds is 1. The molecule has 0 bridgehead atoms. The van der Waals surface area contributed by atoms with Crippen molar-refractivity contribution in [2.45, 2.75) is 18.4 Å². The first kappa shape index (κ1) is 8.44. The van der Waals surface area contributed by atoms with Crippen LogP contribution in [0.3, 0.4) is 0 Å². The molecule has 1 aromatic rings. The zero-order chi connectivity index (χ0) is 9.64. The summed E-state index contributed by atoms with van der Waals surface area (Å²) in [5.74, 6) is -1.28. The third-order valence-corrected chi connectivity index (χ3v) is 2.35. The fraction of sp³-hybridized carbons (Fsp3) is 0.333. The largest absolute Gasteiger partial charge is 0.399 e. The van der Waals surface area contributed by atoms with E-state index in [-0.39, 0.29) is 11.3 Å². The minimum absolute atomic E-state index is 0.0262. The Hall–Kier alpha value is -1.16. The summed E-state index contributed by atoms with van der Waals surface area (Å²) >= 11 is 0. The van der Waals surface area contributed by atoms with E-state index in [4.69, 9.17) is 11.5 Å². The van der Waals surface area contributed by atoms with Gasteiger partial charge in [0.15, 0.2) is 0 Å². The van der Waals surface area contributed by atoms with Crippen LogP contribution in [0.1, 0.15) is 18.4 Å². The van der Waals surface area contributed by atoms with Crippen molar-refractivity contribution in [1.82, 2.24) is 0 Å². The van der Waals surface area contributed by atoms with E-state index in [0.717, 1.165) is 12.1 Å². The van der Waals surface area contributed by atoms with Crippen molar-refractivity contribution in [2.75, 3.05) is 5.73 Å². The van der Waals surface area contributed by atoms with Gasteiger partial charge in [-0.2, -0.15) is 0 Å². The molecule has 0 heterocycles. The lowest BCUT2D eigenvalue weighted by atomic mass is 10.0. The van der Waals surface area contributed by atoms with Gasteiger partial charge in [0.05, 0.1) is 0 Å². The van der Waals surface area contributed by atoms with E-state index in [0.29, 0.717) is 12.8 Å². The van der Waals surface area contributed by atoms with Crippen molar-refractivity contribution in [2.24, 2.45) is 5.73 Å². The molecule has 0 radical (unpaired) electrons. The van der Waals surface area contributed by atoms with Crippen LogP contribution in [0.5, 0.6) is 0 Å². The Morgan fingerprint density at radius 2 is 1.62 bits per heavy atom. The minimum atomic E-state index is -0.790. The summed E-state index contributed by atoms with van der Waals surface area (Å²) in [5, 5.41) is 0. The second-order valence-electron chi connectivity index (χ2n) is 3.52. The molecule has 0 amide bonds. The van der Waals surface area contributed by atoms with E-state index in [1.165, 1.54) is 0 Å². The number of halogens is 2. The summed E-state index contributed by atoms with van der Waals surface area (Å²) in [4.78, 5) is 0. The second kappa shape index (κ2) is 2.42. The minimum Gasteiger partial charge on any atom is -0.399 e. The van der Waals surface area contributed by atoms with Gasteiger partial charge in [-0.05, 0) is 25.0 Å². The van der Waals surface area contributed by atoms with Crippen LogP contribution in [0.4, 0.5) is 14.5 Å². The van der Waals surface area contributed by atoms with Crippen LogP contribution in [0.2, 0.25) is 0 Å². The van der Waals surface area contributed by atoms with Crippen LogP contribution < -0.4 is 11.5 Å². The maximum atomic E-state index is 13.2. The predicted molar refractivity (Wildman–Crippen MR) is 45.9 cm³/mol. The maximum Gasteiger partial charge on any atom is 0.133 e. The Balaban J connectivity index is 2.57. The summed E-state index contributed by atoms with van der Waals surface area (Å²) < 4.78 is 26.5. The molecule has 0 aliphatic heterocycles. The molecule has 1 aromatic carbocycles. The molecule has 0 atom stereocenters. The Morgan fingerprint density at radius 1 is 1.15 bits per heavy atom. The highest BCUT2D eigenvalue weighted by Crippen LogP contribution is 2.45. The van der Waals surface area contributed by atoms with Crippen LogP contribution in [0.15, 0.2) is 12.1 Å². The van der Waals surface area contributed by atoms with Crippen LogP contribution in [-0.2, 0) is 5.54 Å². The van der Waals surface area contributed by atoms with Crippen molar-refractivity contribution in [3.05, 3.63) is 29.3 Å². The summed E-state index contributed by atoms with van der Waals surface area (Å²) in [7, 11) is 0. The van der Waals surface area contributed by atoms with E-state index in [9.17, 15) is 8.78 Å². The van der Waals surface area contributed by atoms with Crippen molar-refractivity contribution < 1.29 is 8.78 Å². The fourth-order valence-electron chi connectivity index (χ4n) is 1.45. The lowest BCUT2D eigenvalue weighted by Gasteiger charge is -2.11. The number of anilines is 1. The number of nitrogens with two attached hydrogens (primary N) is 2. The van der Waals surface area contributed by atoms with E-state index in [1.54, 1.807) is 0 Å². The van der Waals surface area contributed by atoms with Gasteiger partial charge in [0, 0.05) is 16.8 Å². The number of benzene rings is 1. The molecule has 70 valence electrons. The van der Waals surface area contributed by atoms with E-state index in [1.807, 2.05) is 0 Å². The van der Waals surface area contributed by atoms with Crippen LogP contribution in [0.25, 0.3) is 0 Å². The van der Waals surface area contributed by atoms with E-state index < -0.39 is 17.2 Å². The molecule has 0 spiro atoms. The number of nitrogen functional groups attached to an aromatic ring is 1. The molecular weight excluding hydrogens is 174 g/mol. The summed E-state index contributed by atoms with van der Waals surface area (Å²) in [6.45, 7) is 0. The molecular formula is C9H10F2N2. The molecule has 2 nitrogen and oxygen atoms in total. The molecule has 1 fully saturated rings. The fourth-order valence-corrected chi connectivity index (χ4v) is 1.45. The van der Waals surface area contributed by atoms with Gasteiger partial charge in [0.1, 0.15) is 11.6 Å². The SMILES string of the molecule is Nc1cc(F)c(C2(N)CC2)c(F)c1. The zero-order valence-corrected chi connectivity index (χ0v) is 6.98. The first-order chi connectivity index (χ1) is 6.03. The Morgan fingerprint density at radius 3 is 2.00 bits per heavy atom. The quantitative estimate of drug-likeness (QED) is 0.650. The molecule has 1 saturated carbocycles. The van der Waals surface area contributed by atoms with Gasteiger partial charge in [-0.25, -0.2) is 8.78 Å².